The van der Waals surface area contributed by atoms with Gasteiger partial charge in [0.05, 0.1) is 5.30 Å². The van der Waals surface area contributed by atoms with Gasteiger partial charge < -0.3 is 9.79 Å². The Morgan fingerprint density at radius 3 is 1.39 bits per heavy atom. The minimum Gasteiger partial charge on any atom is -0.321 e. The normalized spacial score (nSPS) is 11.7. The average Bonchev–Trinajstić information content (AvgIpc) is 2.92. The van der Waals surface area contributed by atoms with Crippen molar-refractivity contribution in [1.29, 1.82) is 0 Å². The summed E-state index contributed by atoms with van der Waals surface area (Å²) in [4.78, 5) is 19.0. The second-order valence-electron chi connectivity index (χ2n) is 8.88. The van der Waals surface area contributed by atoms with Gasteiger partial charge in [-0.2, -0.15) is 0 Å². The molecule has 0 aliphatic carbocycles. The van der Waals surface area contributed by atoms with Crippen LogP contribution in [0.25, 0.3) is 54.9 Å². The van der Waals surface area contributed by atoms with Crippen molar-refractivity contribution in [2.24, 2.45) is 0 Å². The summed E-state index contributed by atoms with van der Waals surface area (Å²) in [6, 6.07) is 42.5. The van der Waals surface area contributed by atoms with Crippen LogP contribution in [0.4, 0.5) is 0 Å². The number of benzene rings is 6. The van der Waals surface area contributed by atoms with Gasteiger partial charge in [-0.25, -0.2) is 0 Å². The van der Waals surface area contributed by atoms with Crippen LogP contribution in [0.5, 0.6) is 0 Å². The van der Waals surface area contributed by atoms with E-state index in [9.17, 15) is 14.4 Å². The average molecular weight is 487 g/mol. The van der Waals surface area contributed by atoms with Crippen molar-refractivity contribution >= 4 is 34.4 Å². The molecule has 0 spiro atoms. The predicted molar refractivity (Wildman–Crippen MR) is 149 cm³/mol. The Kier molecular flexibility index (Phi) is 5.55. The lowest BCUT2D eigenvalue weighted by atomic mass is 9.85. The molecule has 0 saturated heterocycles. The van der Waals surface area contributed by atoms with Crippen molar-refractivity contribution in [3.05, 3.63) is 127 Å². The smallest absolute Gasteiger partial charge is 0.321 e. The highest BCUT2D eigenvalue weighted by Gasteiger charge is 2.18. The number of hydrogen-bond acceptors (Lipinski definition) is 1. The van der Waals surface area contributed by atoms with Gasteiger partial charge in [-0.05, 0) is 73.1 Å². The molecule has 0 aliphatic rings. The summed E-state index contributed by atoms with van der Waals surface area (Å²) in [6.45, 7) is 0. The quantitative estimate of drug-likeness (QED) is 0.197. The molecule has 0 aliphatic heterocycles. The van der Waals surface area contributed by atoms with Crippen LogP contribution < -0.4 is 5.30 Å². The number of rotatable bonds is 4. The molecule has 2 N–H and O–H groups in total. The first-order valence-electron chi connectivity index (χ1n) is 11.8. The maximum Gasteiger partial charge on any atom is 0.356 e. The molecule has 0 heterocycles. The lowest BCUT2D eigenvalue weighted by Gasteiger charge is -2.18. The fourth-order valence-electron chi connectivity index (χ4n) is 5.04. The lowest BCUT2D eigenvalue weighted by Crippen LogP contribution is -2.02. The highest BCUT2D eigenvalue weighted by atomic mass is 31.2. The zero-order valence-electron chi connectivity index (χ0n) is 19.4. The Labute approximate surface area is 209 Å². The highest BCUT2D eigenvalue weighted by molar-refractivity contribution is 7.60. The van der Waals surface area contributed by atoms with Gasteiger partial charge in [-0.15, -0.1) is 0 Å². The monoisotopic (exact) mass is 486 g/mol. The highest BCUT2D eigenvalue weighted by Crippen LogP contribution is 2.44. The molecule has 0 bridgehead atoms. The van der Waals surface area contributed by atoms with Gasteiger partial charge in [0.15, 0.2) is 0 Å². The van der Waals surface area contributed by atoms with Crippen LogP contribution in [0.15, 0.2) is 127 Å². The lowest BCUT2D eigenvalue weighted by molar-refractivity contribution is 0.387. The largest absolute Gasteiger partial charge is 0.356 e. The maximum absolute atomic E-state index is 11.6. The Morgan fingerprint density at radius 2 is 0.861 bits per heavy atom. The van der Waals surface area contributed by atoms with Crippen molar-refractivity contribution in [2.45, 2.75) is 0 Å². The Hall–Kier alpha value is -4.01. The van der Waals surface area contributed by atoms with E-state index in [4.69, 9.17) is 0 Å². The zero-order valence-corrected chi connectivity index (χ0v) is 20.3. The molecular weight excluding hydrogens is 463 g/mol. The fraction of sp³-hybridized carbons (Fsp3) is 0. The SMILES string of the molecule is O=P(O)(O)c1ccc(-c2ccc3c(-c4ccccc4)c4ccccc4c(-c4ccccc4)c3c2)cc1. The van der Waals surface area contributed by atoms with E-state index < -0.39 is 7.60 Å². The van der Waals surface area contributed by atoms with E-state index in [1.807, 2.05) is 12.1 Å². The summed E-state index contributed by atoms with van der Waals surface area (Å²) in [6.07, 6.45) is 0. The van der Waals surface area contributed by atoms with Crippen molar-refractivity contribution in [3.8, 4) is 33.4 Å². The third-order valence-electron chi connectivity index (χ3n) is 6.69. The van der Waals surface area contributed by atoms with Gasteiger partial charge in [0.25, 0.3) is 0 Å². The molecule has 6 aromatic carbocycles. The van der Waals surface area contributed by atoms with Crippen molar-refractivity contribution < 1.29 is 14.4 Å². The van der Waals surface area contributed by atoms with E-state index in [-0.39, 0.29) is 5.30 Å². The van der Waals surface area contributed by atoms with E-state index in [0.717, 1.165) is 33.0 Å². The molecule has 6 aromatic rings. The third kappa shape index (κ3) is 3.94. The first-order valence-corrected chi connectivity index (χ1v) is 13.4. The molecule has 3 nitrogen and oxygen atoms in total. The molecule has 0 saturated carbocycles. The molecule has 0 radical (unpaired) electrons. The van der Waals surface area contributed by atoms with Crippen molar-refractivity contribution in [3.63, 3.8) is 0 Å². The second-order valence-corrected chi connectivity index (χ2v) is 10.5. The van der Waals surface area contributed by atoms with Gasteiger partial charge >= 0.3 is 7.60 Å². The molecule has 0 fully saturated rings. The van der Waals surface area contributed by atoms with Crippen LogP contribution in [0, 0.1) is 0 Å². The van der Waals surface area contributed by atoms with Gasteiger partial charge in [0.2, 0.25) is 0 Å². The Morgan fingerprint density at radius 1 is 0.417 bits per heavy atom. The minimum atomic E-state index is -4.28. The summed E-state index contributed by atoms with van der Waals surface area (Å²) in [5, 5.41) is 4.71. The second kappa shape index (κ2) is 8.89. The van der Waals surface area contributed by atoms with E-state index >= 15 is 0 Å². The summed E-state index contributed by atoms with van der Waals surface area (Å²) in [5.41, 5.74) is 6.58. The van der Waals surface area contributed by atoms with Crippen LogP contribution >= 0.6 is 7.60 Å². The van der Waals surface area contributed by atoms with E-state index in [1.54, 1.807) is 12.1 Å². The molecule has 0 atom stereocenters. The topological polar surface area (TPSA) is 57.5 Å². The third-order valence-corrected chi connectivity index (χ3v) is 7.66. The molecule has 36 heavy (non-hydrogen) atoms. The number of hydrogen-bond donors (Lipinski definition) is 2. The van der Waals surface area contributed by atoms with E-state index in [2.05, 4.69) is 91.0 Å². The summed E-state index contributed by atoms with van der Waals surface area (Å²) >= 11 is 0. The predicted octanol–water partition coefficient (Wildman–Crippen LogP) is 7.80. The van der Waals surface area contributed by atoms with Crippen LogP contribution in [-0.4, -0.2) is 9.79 Å². The van der Waals surface area contributed by atoms with Crippen LogP contribution in [-0.2, 0) is 4.57 Å². The van der Waals surface area contributed by atoms with Crippen LogP contribution in [0.1, 0.15) is 0 Å². The molecule has 0 aromatic heterocycles. The zero-order chi connectivity index (χ0) is 24.7. The molecule has 0 amide bonds. The Balaban J connectivity index is 1.70. The van der Waals surface area contributed by atoms with Gasteiger partial charge in [-0.1, -0.05) is 109 Å². The maximum atomic E-state index is 11.6. The van der Waals surface area contributed by atoms with Gasteiger partial charge in [-0.3, -0.25) is 4.57 Å². The summed E-state index contributed by atoms with van der Waals surface area (Å²) < 4.78 is 11.6. The molecule has 6 rings (SSSR count). The van der Waals surface area contributed by atoms with Crippen molar-refractivity contribution in [1.82, 2.24) is 0 Å². The van der Waals surface area contributed by atoms with Crippen LogP contribution in [0.2, 0.25) is 0 Å². The molecule has 0 unspecified atom stereocenters. The molecule has 4 heteroatoms. The van der Waals surface area contributed by atoms with Gasteiger partial charge in [0, 0.05) is 0 Å². The fourth-order valence-corrected chi connectivity index (χ4v) is 5.58. The van der Waals surface area contributed by atoms with Crippen molar-refractivity contribution in [2.75, 3.05) is 0 Å². The van der Waals surface area contributed by atoms with Gasteiger partial charge in [0.1, 0.15) is 0 Å². The van der Waals surface area contributed by atoms with E-state index in [0.29, 0.717) is 0 Å². The summed E-state index contributed by atoms with van der Waals surface area (Å²) in [7, 11) is -4.28. The first kappa shape index (κ1) is 22.5. The standard InChI is InChI=1S/C32H23O3P/c33-36(34,35)26-18-15-22(16-19-26)25-17-20-29-30(21-25)32(24-11-5-2-6-12-24)28-14-8-7-13-27(28)31(29)23-9-3-1-4-10-23/h1-21H,(H2,33,34,35). The molecule has 174 valence electrons. The molecular formula is C32H23O3P. The number of fused-ring (bicyclic) bond motifs is 2. The Bertz CT molecular complexity index is 1750. The van der Waals surface area contributed by atoms with Crippen LogP contribution in [0.3, 0.4) is 0 Å². The first-order chi connectivity index (χ1) is 17.5. The minimum absolute atomic E-state index is 0.0226. The van der Waals surface area contributed by atoms with E-state index in [1.165, 1.54) is 34.0 Å². The summed E-state index contributed by atoms with van der Waals surface area (Å²) in [5.74, 6) is 0.